The molecule has 0 spiro atoms. The number of aromatic nitrogens is 2. The molecule has 2 aromatic heterocycles. The summed E-state index contributed by atoms with van der Waals surface area (Å²) in [4.78, 5) is 20.3. The molecule has 0 aliphatic heterocycles. The van der Waals surface area contributed by atoms with Crippen molar-refractivity contribution in [2.45, 2.75) is 6.92 Å². The van der Waals surface area contributed by atoms with Crippen LogP contribution in [0.15, 0.2) is 36.4 Å². The number of aromatic amines is 1. The number of carbonyl (C=O) groups is 1. The van der Waals surface area contributed by atoms with Crippen molar-refractivity contribution >= 4 is 38.7 Å². The fraction of sp³-hybridized carbons (Fsp3) is 0.200. The molecule has 2 aromatic carbocycles. The Kier molecular flexibility index (Phi) is 3.88. The number of nitrogens with one attached hydrogen (secondary N) is 1. The fourth-order valence-electron chi connectivity index (χ4n) is 3.30. The number of nitrogens with zero attached hydrogens (tertiary/aromatic N) is 1. The molecule has 0 radical (unpaired) electrons. The number of pyridine rings is 1. The average molecular weight is 350 g/mol. The number of ether oxygens (including phenoxy) is 3. The van der Waals surface area contributed by atoms with Gasteiger partial charge in [-0.1, -0.05) is 18.2 Å². The van der Waals surface area contributed by atoms with Gasteiger partial charge in [0.15, 0.2) is 5.69 Å². The Hall–Kier alpha value is -3.28. The lowest BCUT2D eigenvalue weighted by molar-refractivity contribution is 0.0522. The second kappa shape index (κ2) is 6.22. The second-order valence-corrected chi connectivity index (χ2v) is 5.83. The standard InChI is InChI=1S/C20H18N2O4/c1-4-26-20(23)19-18-16(12-7-5-6-8-13(12)21-19)17-14(22-18)9-11(24-2)10-15(17)25-3/h5-10,22H,4H2,1-3H3. The highest BCUT2D eigenvalue weighted by atomic mass is 16.5. The van der Waals surface area contributed by atoms with Gasteiger partial charge in [-0.2, -0.15) is 0 Å². The van der Waals surface area contributed by atoms with Crippen LogP contribution in [0.4, 0.5) is 0 Å². The SMILES string of the molecule is CCOC(=O)c1nc2ccccc2c2c1[nH]c1cc(OC)cc(OC)c12. The summed E-state index contributed by atoms with van der Waals surface area (Å²) in [5.74, 6) is 0.869. The van der Waals surface area contributed by atoms with E-state index < -0.39 is 5.97 Å². The number of para-hydroxylation sites is 1. The van der Waals surface area contributed by atoms with Gasteiger partial charge in [-0.05, 0) is 13.0 Å². The molecular weight excluding hydrogens is 332 g/mol. The van der Waals surface area contributed by atoms with E-state index in [2.05, 4.69) is 9.97 Å². The molecule has 2 heterocycles. The maximum absolute atomic E-state index is 12.5. The van der Waals surface area contributed by atoms with Crippen LogP contribution in [0.1, 0.15) is 17.4 Å². The number of fused-ring (bicyclic) bond motifs is 5. The number of carbonyl (C=O) groups excluding carboxylic acids is 1. The van der Waals surface area contributed by atoms with Crippen molar-refractivity contribution in [3.05, 3.63) is 42.1 Å². The van der Waals surface area contributed by atoms with Crippen LogP contribution in [0, 0.1) is 0 Å². The van der Waals surface area contributed by atoms with E-state index in [1.54, 1.807) is 21.1 Å². The molecule has 6 nitrogen and oxygen atoms in total. The molecule has 132 valence electrons. The van der Waals surface area contributed by atoms with Crippen molar-refractivity contribution < 1.29 is 19.0 Å². The van der Waals surface area contributed by atoms with E-state index in [0.717, 1.165) is 27.2 Å². The maximum atomic E-state index is 12.5. The average Bonchev–Trinajstić information content (AvgIpc) is 3.06. The number of hydrogen-bond acceptors (Lipinski definition) is 5. The van der Waals surface area contributed by atoms with Crippen LogP contribution in [0.3, 0.4) is 0 Å². The van der Waals surface area contributed by atoms with Gasteiger partial charge in [0, 0.05) is 22.9 Å². The van der Waals surface area contributed by atoms with Crippen LogP contribution in [-0.2, 0) is 4.74 Å². The summed E-state index contributed by atoms with van der Waals surface area (Å²) in [5.41, 5.74) is 2.42. The van der Waals surface area contributed by atoms with Crippen molar-refractivity contribution in [3.8, 4) is 11.5 Å². The van der Waals surface area contributed by atoms with E-state index in [0.29, 0.717) is 17.0 Å². The monoisotopic (exact) mass is 350 g/mol. The zero-order valence-electron chi connectivity index (χ0n) is 14.8. The molecule has 0 bridgehead atoms. The summed E-state index contributed by atoms with van der Waals surface area (Å²) < 4.78 is 16.2. The number of esters is 1. The van der Waals surface area contributed by atoms with Crippen LogP contribution in [0.25, 0.3) is 32.7 Å². The van der Waals surface area contributed by atoms with E-state index in [-0.39, 0.29) is 12.3 Å². The van der Waals surface area contributed by atoms with Crippen molar-refractivity contribution in [1.82, 2.24) is 9.97 Å². The lowest BCUT2D eigenvalue weighted by Gasteiger charge is -2.08. The minimum atomic E-state index is -0.458. The molecular formula is C20H18N2O4. The Morgan fingerprint density at radius 2 is 1.92 bits per heavy atom. The van der Waals surface area contributed by atoms with Gasteiger partial charge in [0.25, 0.3) is 0 Å². The zero-order chi connectivity index (χ0) is 18.3. The van der Waals surface area contributed by atoms with Gasteiger partial charge in [-0.15, -0.1) is 0 Å². The number of rotatable bonds is 4. The Morgan fingerprint density at radius 1 is 1.12 bits per heavy atom. The minimum Gasteiger partial charge on any atom is -0.497 e. The molecule has 0 aliphatic carbocycles. The third kappa shape index (κ3) is 2.34. The molecule has 1 N–H and O–H groups in total. The molecule has 4 rings (SSSR count). The molecule has 0 fully saturated rings. The van der Waals surface area contributed by atoms with Crippen LogP contribution in [-0.4, -0.2) is 36.8 Å². The Balaban J connectivity index is 2.21. The van der Waals surface area contributed by atoms with E-state index >= 15 is 0 Å². The predicted molar refractivity (Wildman–Crippen MR) is 100 cm³/mol. The van der Waals surface area contributed by atoms with Crippen LogP contribution < -0.4 is 9.47 Å². The van der Waals surface area contributed by atoms with Crippen molar-refractivity contribution in [1.29, 1.82) is 0 Å². The number of H-pyrrole nitrogens is 1. The molecule has 4 aromatic rings. The number of hydrogen-bond donors (Lipinski definition) is 1. The lowest BCUT2D eigenvalue weighted by atomic mass is 10.1. The molecule has 0 atom stereocenters. The first-order valence-corrected chi connectivity index (χ1v) is 8.31. The number of methoxy groups -OCH3 is 2. The Bertz CT molecular complexity index is 1150. The van der Waals surface area contributed by atoms with E-state index in [9.17, 15) is 4.79 Å². The Labute approximate surface area is 149 Å². The third-order valence-corrected chi connectivity index (χ3v) is 4.40. The molecule has 0 aliphatic rings. The van der Waals surface area contributed by atoms with Crippen LogP contribution >= 0.6 is 0 Å². The van der Waals surface area contributed by atoms with Gasteiger partial charge in [0.2, 0.25) is 0 Å². The highest BCUT2D eigenvalue weighted by Gasteiger charge is 2.22. The minimum absolute atomic E-state index is 0.262. The Morgan fingerprint density at radius 3 is 2.65 bits per heavy atom. The lowest BCUT2D eigenvalue weighted by Crippen LogP contribution is -2.08. The summed E-state index contributed by atoms with van der Waals surface area (Å²) in [6.45, 7) is 2.06. The first-order valence-electron chi connectivity index (χ1n) is 8.31. The van der Waals surface area contributed by atoms with Gasteiger partial charge in [-0.3, -0.25) is 0 Å². The normalized spacial score (nSPS) is 11.2. The highest BCUT2D eigenvalue weighted by molar-refractivity contribution is 6.24. The summed E-state index contributed by atoms with van der Waals surface area (Å²) >= 11 is 0. The summed E-state index contributed by atoms with van der Waals surface area (Å²) in [7, 11) is 3.22. The van der Waals surface area contributed by atoms with Crippen LogP contribution in [0.2, 0.25) is 0 Å². The summed E-state index contributed by atoms with van der Waals surface area (Å²) in [6, 6.07) is 11.4. The fourth-order valence-corrected chi connectivity index (χ4v) is 3.30. The van der Waals surface area contributed by atoms with Crippen LogP contribution in [0.5, 0.6) is 11.5 Å². The summed E-state index contributed by atoms with van der Waals surface area (Å²) in [6.07, 6.45) is 0. The van der Waals surface area contributed by atoms with Crippen molar-refractivity contribution in [3.63, 3.8) is 0 Å². The van der Waals surface area contributed by atoms with E-state index in [1.165, 1.54) is 0 Å². The van der Waals surface area contributed by atoms with Gasteiger partial charge >= 0.3 is 5.97 Å². The molecule has 26 heavy (non-hydrogen) atoms. The van der Waals surface area contributed by atoms with Crippen molar-refractivity contribution in [2.24, 2.45) is 0 Å². The van der Waals surface area contributed by atoms with Gasteiger partial charge in [0.05, 0.1) is 42.8 Å². The van der Waals surface area contributed by atoms with Crippen molar-refractivity contribution in [2.75, 3.05) is 20.8 Å². The molecule has 0 amide bonds. The molecule has 0 unspecified atom stereocenters. The molecule has 6 heteroatoms. The van der Waals surface area contributed by atoms with Gasteiger partial charge in [0.1, 0.15) is 11.5 Å². The quantitative estimate of drug-likeness (QED) is 0.562. The zero-order valence-corrected chi connectivity index (χ0v) is 14.8. The topological polar surface area (TPSA) is 73.4 Å². The molecule has 0 saturated carbocycles. The molecule has 0 saturated heterocycles. The highest BCUT2D eigenvalue weighted by Crippen LogP contribution is 2.40. The van der Waals surface area contributed by atoms with E-state index in [1.807, 2.05) is 36.4 Å². The first kappa shape index (κ1) is 16.2. The number of benzene rings is 2. The first-order chi connectivity index (χ1) is 12.7. The largest absolute Gasteiger partial charge is 0.497 e. The van der Waals surface area contributed by atoms with Gasteiger partial charge in [-0.25, -0.2) is 9.78 Å². The van der Waals surface area contributed by atoms with Gasteiger partial charge < -0.3 is 19.2 Å². The summed E-state index contributed by atoms with van der Waals surface area (Å²) in [5, 5.41) is 2.70. The third-order valence-electron chi connectivity index (χ3n) is 4.40. The maximum Gasteiger partial charge on any atom is 0.359 e. The smallest absolute Gasteiger partial charge is 0.359 e. The van der Waals surface area contributed by atoms with E-state index in [4.69, 9.17) is 14.2 Å². The predicted octanol–water partition coefficient (Wildman–Crippen LogP) is 4.06. The second-order valence-electron chi connectivity index (χ2n) is 5.83.